The second-order valence-corrected chi connectivity index (χ2v) is 9.97. The lowest BCUT2D eigenvalue weighted by atomic mass is 10.0. The van der Waals surface area contributed by atoms with Crippen LogP contribution in [0.4, 0.5) is 5.82 Å². The molecule has 2 unspecified atom stereocenters. The van der Waals surface area contributed by atoms with Gasteiger partial charge in [-0.3, -0.25) is 14.8 Å². The van der Waals surface area contributed by atoms with Gasteiger partial charge < -0.3 is 24.3 Å². The molecule has 0 aromatic carbocycles. The van der Waals surface area contributed by atoms with E-state index < -0.39 is 0 Å². The molecule has 36 heavy (non-hydrogen) atoms. The van der Waals surface area contributed by atoms with Crippen LogP contribution in [0.2, 0.25) is 0 Å². The van der Waals surface area contributed by atoms with Gasteiger partial charge in [0.25, 0.3) is 5.91 Å². The molecule has 2 N–H and O–H groups in total. The topological polar surface area (TPSA) is 128 Å². The van der Waals surface area contributed by atoms with Crippen molar-refractivity contribution in [2.75, 3.05) is 57.4 Å². The lowest BCUT2D eigenvalue weighted by molar-refractivity contribution is -0.0856. The van der Waals surface area contributed by atoms with Crippen molar-refractivity contribution in [3.05, 3.63) is 18.2 Å². The molecule has 3 aliphatic rings. The summed E-state index contributed by atoms with van der Waals surface area (Å²) in [6.45, 7) is 10.3. The number of morpholine rings is 2. The number of H-pyrrole nitrogens is 2. The van der Waals surface area contributed by atoms with Gasteiger partial charge in [-0.15, -0.1) is 0 Å². The molecule has 2 atom stereocenters. The van der Waals surface area contributed by atoms with Crippen molar-refractivity contribution in [2.24, 2.45) is 0 Å². The number of aromatic amines is 2. The van der Waals surface area contributed by atoms with Crippen LogP contribution < -0.4 is 4.90 Å². The van der Waals surface area contributed by atoms with Gasteiger partial charge in [-0.25, -0.2) is 15.0 Å². The van der Waals surface area contributed by atoms with Crippen molar-refractivity contribution < 1.29 is 14.3 Å². The molecule has 12 heteroatoms. The summed E-state index contributed by atoms with van der Waals surface area (Å²) < 4.78 is 11.4. The summed E-state index contributed by atoms with van der Waals surface area (Å²) in [5.41, 5.74) is 1.94. The smallest absolute Gasteiger partial charge is 0.289 e. The molecule has 3 aromatic heterocycles. The number of hydrogen-bond acceptors (Lipinski definition) is 9. The number of hydrogen-bond donors (Lipinski definition) is 2. The molecule has 1 amide bonds. The number of aromatic nitrogens is 6. The van der Waals surface area contributed by atoms with E-state index >= 15 is 0 Å². The van der Waals surface area contributed by atoms with E-state index in [0.29, 0.717) is 74.1 Å². The van der Waals surface area contributed by atoms with E-state index in [9.17, 15) is 4.79 Å². The van der Waals surface area contributed by atoms with Crippen LogP contribution in [0, 0.1) is 0 Å². The lowest BCUT2D eigenvalue weighted by Gasteiger charge is -2.43. The number of nitrogens with one attached hydrogen (secondary N) is 2. The van der Waals surface area contributed by atoms with Crippen molar-refractivity contribution in [1.82, 2.24) is 39.9 Å². The van der Waals surface area contributed by atoms with Gasteiger partial charge in [0.15, 0.2) is 28.6 Å². The van der Waals surface area contributed by atoms with Crippen LogP contribution in [0.3, 0.4) is 0 Å². The molecule has 0 bridgehead atoms. The van der Waals surface area contributed by atoms with Gasteiger partial charge in [-0.2, -0.15) is 5.10 Å². The van der Waals surface area contributed by atoms with E-state index in [-0.39, 0.29) is 18.1 Å². The second kappa shape index (κ2) is 9.75. The Bertz CT molecular complexity index is 1190. The lowest BCUT2D eigenvalue weighted by Crippen LogP contribution is -2.53. The Morgan fingerprint density at radius 3 is 2.47 bits per heavy atom. The maximum atomic E-state index is 13.5. The van der Waals surface area contributed by atoms with E-state index in [0.717, 1.165) is 31.5 Å². The Hall–Kier alpha value is -3.09. The summed E-state index contributed by atoms with van der Waals surface area (Å²) in [6.07, 6.45) is 5.85. The number of fused-ring (bicyclic) bond motifs is 1. The minimum absolute atomic E-state index is 0.0899. The Morgan fingerprint density at radius 1 is 1.03 bits per heavy atom. The summed E-state index contributed by atoms with van der Waals surface area (Å²) in [5, 5.41) is 6.84. The minimum atomic E-state index is -0.0899. The Balaban J connectivity index is 1.23. The maximum absolute atomic E-state index is 13.5. The van der Waals surface area contributed by atoms with Crippen LogP contribution in [-0.2, 0) is 9.47 Å². The molecule has 3 fully saturated rings. The van der Waals surface area contributed by atoms with E-state index in [2.05, 4.69) is 43.8 Å². The number of amides is 1. The standard InChI is InChI=1S/C24H33N9O3/c1-15-13-33(14-16(2)36-15)18-3-5-32(6-4-18)24(34)22-27-19-21(29-22)28-20(17-11-25-26-12-17)30-23(19)31-7-9-35-10-8-31/h11-12,15-16,18H,3-10,13-14H2,1-2H3,(H,25,26)(H,27,28,29,30). The predicted molar refractivity (Wildman–Crippen MR) is 133 cm³/mol. The SMILES string of the molecule is CC1CN(C2CCN(C(=O)c3nc4c(N5CCOCC5)nc(-c5cn[nH]c5)nc4[nH]3)CC2)CC(C)O1. The van der Waals surface area contributed by atoms with Crippen LogP contribution in [-0.4, -0.2) is 117 Å². The Labute approximate surface area is 209 Å². The van der Waals surface area contributed by atoms with Gasteiger partial charge in [0.2, 0.25) is 0 Å². The van der Waals surface area contributed by atoms with Gasteiger partial charge in [0.05, 0.1) is 37.2 Å². The van der Waals surface area contributed by atoms with Crippen LogP contribution in [0.1, 0.15) is 37.3 Å². The number of imidazole rings is 1. The first-order valence-corrected chi connectivity index (χ1v) is 12.8. The summed E-state index contributed by atoms with van der Waals surface area (Å²) >= 11 is 0. The molecule has 3 aliphatic heterocycles. The van der Waals surface area contributed by atoms with E-state index in [1.54, 1.807) is 12.4 Å². The molecule has 6 heterocycles. The number of piperidine rings is 1. The number of ether oxygens (including phenoxy) is 2. The highest BCUT2D eigenvalue weighted by molar-refractivity contribution is 5.96. The van der Waals surface area contributed by atoms with Crippen molar-refractivity contribution in [3.8, 4) is 11.4 Å². The number of anilines is 1. The van der Waals surface area contributed by atoms with Gasteiger partial charge in [-0.1, -0.05) is 0 Å². The number of nitrogens with zero attached hydrogens (tertiary/aromatic N) is 7. The highest BCUT2D eigenvalue weighted by Crippen LogP contribution is 2.28. The van der Waals surface area contributed by atoms with Crippen LogP contribution in [0.15, 0.2) is 12.4 Å². The van der Waals surface area contributed by atoms with Gasteiger partial charge in [-0.05, 0) is 26.7 Å². The molecule has 192 valence electrons. The molecule has 3 saturated heterocycles. The summed E-state index contributed by atoms with van der Waals surface area (Å²) in [7, 11) is 0. The number of carbonyl (C=O) groups excluding carboxylic acids is 1. The largest absolute Gasteiger partial charge is 0.378 e. The van der Waals surface area contributed by atoms with Gasteiger partial charge in [0.1, 0.15) is 0 Å². The molecular formula is C24H33N9O3. The van der Waals surface area contributed by atoms with E-state index in [4.69, 9.17) is 19.4 Å². The third-order valence-electron chi connectivity index (χ3n) is 7.31. The first-order chi connectivity index (χ1) is 17.5. The molecular weight excluding hydrogens is 462 g/mol. The number of carbonyl (C=O) groups is 1. The number of rotatable bonds is 4. The Kier molecular flexibility index (Phi) is 6.32. The minimum Gasteiger partial charge on any atom is -0.378 e. The van der Waals surface area contributed by atoms with Crippen molar-refractivity contribution in [3.63, 3.8) is 0 Å². The fourth-order valence-electron chi connectivity index (χ4n) is 5.58. The normalized spacial score (nSPS) is 24.5. The van der Waals surface area contributed by atoms with E-state index in [1.807, 2.05) is 4.90 Å². The molecule has 12 nitrogen and oxygen atoms in total. The van der Waals surface area contributed by atoms with Gasteiger partial charge in [0, 0.05) is 51.5 Å². The molecule has 3 aromatic rings. The third-order valence-corrected chi connectivity index (χ3v) is 7.31. The van der Waals surface area contributed by atoms with E-state index in [1.165, 1.54) is 0 Å². The monoisotopic (exact) mass is 495 g/mol. The highest BCUT2D eigenvalue weighted by atomic mass is 16.5. The third kappa shape index (κ3) is 4.56. The first kappa shape index (κ1) is 23.3. The summed E-state index contributed by atoms with van der Waals surface area (Å²) in [6, 6.07) is 0.481. The fraction of sp³-hybridized carbons (Fsp3) is 0.625. The Morgan fingerprint density at radius 2 is 1.78 bits per heavy atom. The molecule has 0 aliphatic carbocycles. The number of likely N-dealkylation sites (tertiary alicyclic amines) is 1. The zero-order valence-electron chi connectivity index (χ0n) is 20.8. The summed E-state index contributed by atoms with van der Waals surface area (Å²) in [4.78, 5) is 37.4. The zero-order valence-corrected chi connectivity index (χ0v) is 20.8. The van der Waals surface area contributed by atoms with Crippen molar-refractivity contribution >= 4 is 22.9 Å². The summed E-state index contributed by atoms with van der Waals surface area (Å²) in [5.74, 6) is 1.47. The second-order valence-electron chi connectivity index (χ2n) is 9.97. The molecule has 0 saturated carbocycles. The average Bonchev–Trinajstić information content (AvgIpc) is 3.58. The van der Waals surface area contributed by atoms with Crippen molar-refractivity contribution in [2.45, 2.75) is 44.9 Å². The molecule has 0 spiro atoms. The van der Waals surface area contributed by atoms with Crippen LogP contribution in [0.5, 0.6) is 0 Å². The van der Waals surface area contributed by atoms with Crippen LogP contribution in [0.25, 0.3) is 22.6 Å². The molecule has 0 radical (unpaired) electrons. The van der Waals surface area contributed by atoms with Crippen molar-refractivity contribution in [1.29, 1.82) is 0 Å². The predicted octanol–water partition coefficient (Wildman–Crippen LogP) is 1.29. The van der Waals surface area contributed by atoms with Crippen LogP contribution >= 0.6 is 0 Å². The highest BCUT2D eigenvalue weighted by Gasteiger charge is 2.33. The quantitative estimate of drug-likeness (QED) is 0.550. The van der Waals surface area contributed by atoms with Gasteiger partial charge >= 0.3 is 0 Å². The first-order valence-electron chi connectivity index (χ1n) is 12.8. The zero-order chi connectivity index (χ0) is 24.6. The fourth-order valence-corrected chi connectivity index (χ4v) is 5.58. The maximum Gasteiger partial charge on any atom is 0.289 e. The molecule has 6 rings (SSSR count). The average molecular weight is 496 g/mol.